The van der Waals surface area contributed by atoms with Gasteiger partial charge in [-0.05, 0) is 49.6 Å². The quantitative estimate of drug-likeness (QED) is 0.827. The van der Waals surface area contributed by atoms with E-state index in [0.29, 0.717) is 19.6 Å². The van der Waals surface area contributed by atoms with Gasteiger partial charge in [-0.25, -0.2) is 0 Å². The Morgan fingerprint density at radius 2 is 1.81 bits per heavy atom. The molecular weight excluding hydrogens is 338 g/mol. The van der Waals surface area contributed by atoms with Crippen molar-refractivity contribution in [3.05, 3.63) is 65.7 Å². The minimum Gasteiger partial charge on any atom is -0.351 e. The maximum Gasteiger partial charge on any atom is 0.234 e. The van der Waals surface area contributed by atoms with Crippen molar-refractivity contribution in [3.8, 4) is 0 Å². The molecule has 2 amide bonds. The van der Waals surface area contributed by atoms with Crippen molar-refractivity contribution in [2.24, 2.45) is 5.92 Å². The summed E-state index contributed by atoms with van der Waals surface area (Å²) in [7, 11) is 0. The van der Waals surface area contributed by atoms with Crippen molar-refractivity contribution in [2.75, 3.05) is 25.0 Å². The van der Waals surface area contributed by atoms with Crippen LogP contribution in [-0.2, 0) is 16.1 Å². The zero-order valence-corrected chi connectivity index (χ0v) is 15.8. The number of rotatable bonds is 6. The van der Waals surface area contributed by atoms with Gasteiger partial charge in [0.25, 0.3) is 0 Å². The van der Waals surface area contributed by atoms with E-state index in [9.17, 15) is 9.59 Å². The smallest absolute Gasteiger partial charge is 0.234 e. The van der Waals surface area contributed by atoms with Crippen molar-refractivity contribution in [1.82, 2.24) is 10.2 Å². The van der Waals surface area contributed by atoms with Crippen molar-refractivity contribution in [2.45, 2.75) is 26.3 Å². The third-order valence-corrected chi connectivity index (χ3v) is 5.02. The van der Waals surface area contributed by atoms with Crippen molar-refractivity contribution in [3.63, 3.8) is 0 Å². The number of anilines is 1. The highest BCUT2D eigenvalue weighted by Crippen LogP contribution is 2.18. The largest absolute Gasteiger partial charge is 0.351 e. The van der Waals surface area contributed by atoms with Crippen LogP contribution in [-0.4, -0.2) is 36.3 Å². The second kappa shape index (κ2) is 9.33. The van der Waals surface area contributed by atoms with Gasteiger partial charge in [0.1, 0.15) is 0 Å². The van der Waals surface area contributed by atoms with Crippen LogP contribution < -0.4 is 10.6 Å². The van der Waals surface area contributed by atoms with Crippen molar-refractivity contribution >= 4 is 17.5 Å². The highest BCUT2D eigenvalue weighted by molar-refractivity contribution is 5.92. The molecule has 2 aromatic carbocycles. The second-order valence-electron chi connectivity index (χ2n) is 7.13. The number of carbonyl (C=O) groups excluding carboxylic acids is 2. The van der Waals surface area contributed by atoms with Gasteiger partial charge in [-0.15, -0.1) is 0 Å². The van der Waals surface area contributed by atoms with Gasteiger partial charge in [-0.2, -0.15) is 0 Å². The first-order chi connectivity index (χ1) is 13.1. The third kappa shape index (κ3) is 5.66. The minimum atomic E-state index is -0.0804. The number of likely N-dealkylation sites (tertiary alicyclic amines) is 1. The Morgan fingerprint density at radius 3 is 2.59 bits per heavy atom. The van der Waals surface area contributed by atoms with Crippen LogP contribution in [0.3, 0.4) is 0 Å². The van der Waals surface area contributed by atoms with Gasteiger partial charge in [0.05, 0.1) is 12.5 Å². The fourth-order valence-electron chi connectivity index (χ4n) is 3.44. The molecule has 1 saturated heterocycles. The predicted molar refractivity (Wildman–Crippen MR) is 107 cm³/mol. The summed E-state index contributed by atoms with van der Waals surface area (Å²) in [6.07, 6.45) is 1.79. The number of hydrogen-bond donors (Lipinski definition) is 2. The van der Waals surface area contributed by atoms with Crippen LogP contribution in [0.4, 0.5) is 5.69 Å². The van der Waals surface area contributed by atoms with E-state index in [1.54, 1.807) is 0 Å². The number of hydrogen-bond acceptors (Lipinski definition) is 3. The number of amides is 2. The fraction of sp³-hybridized carbons (Fsp3) is 0.364. The summed E-state index contributed by atoms with van der Waals surface area (Å²) in [5.41, 5.74) is 3.12. The summed E-state index contributed by atoms with van der Waals surface area (Å²) in [6.45, 7) is 4.39. The zero-order chi connectivity index (χ0) is 19.1. The van der Waals surface area contributed by atoms with E-state index < -0.39 is 0 Å². The van der Waals surface area contributed by atoms with E-state index >= 15 is 0 Å². The van der Waals surface area contributed by atoms with Crippen LogP contribution in [0.1, 0.15) is 24.0 Å². The number of carbonyl (C=O) groups is 2. The molecule has 0 saturated carbocycles. The standard InChI is InChI=1S/C22H27N3O2/c1-17-8-5-6-9-18(17)14-23-21(26)16-25-13-7-10-19(15-25)22(27)24-20-11-3-2-4-12-20/h2-6,8-9,11-12,19H,7,10,13-16H2,1H3,(H,23,26)(H,24,27)/t19-/m1/s1. The van der Waals surface area contributed by atoms with E-state index in [2.05, 4.69) is 15.5 Å². The van der Waals surface area contributed by atoms with E-state index in [1.165, 1.54) is 5.56 Å². The number of benzene rings is 2. The summed E-state index contributed by atoms with van der Waals surface area (Å²) in [6, 6.07) is 17.6. The molecule has 5 heteroatoms. The molecule has 0 spiro atoms. The molecule has 1 fully saturated rings. The van der Waals surface area contributed by atoms with Crippen LogP contribution >= 0.6 is 0 Å². The van der Waals surface area contributed by atoms with Gasteiger partial charge in [0.15, 0.2) is 0 Å². The van der Waals surface area contributed by atoms with Gasteiger partial charge in [-0.3, -0.25) is 14.5 Å². The maximum atomic E-state index is 12.5. The zero-order valence-electron chi connectivity index (χ0n) is 15.8. The summed E-state index contributed by atoms with van der Waals surface area (Å²) in [4.78, 5) is 26.9. The molecule has 0 unspecified atom stereocenters. The average molecular weight is 365 g/mol. The summed E-state index contributed by atoms with van der Waals surface area (Å²) < 4.78 is 0. The lowest BCUT2D eigenvalue weighted by Crippen LogP contribution is -2.45. The molecule has 1 aliphatic heterocycles. The molecule has 3 rings (SSSR count). The van der Waals surface area contributed by atoms with Gasteiger partial charge in [-0.1, -0.05) is 42.5 Å². The van der Waals surface area contributed by atoms with Gasteiger partial charge in [0, 0.05) is 18.8 Å². The lowest BCUT2D eigenvalue weighted by atomic mass is 9.97. The number of para-hydroxylation sites is 1. The first-order valence-corrected chi connectivity index (χ1v) is 9.51. The Bertz CT molecular complexity index is 776. The average Bonchev–Trinajstić information content (AvgIpc) is 2.68. The number of aryl methyl sites for hydroxylation is 1. The summed E-state index contributed by atoms with van der Waals surface area (Å²) >= 11 is 0. The SMILES string of the molecule is Cc1ccccc1CNC(=O)CN1CCC[C@@H](C(=O)Nc2ccccc2)C1. The molecule has 1 atom stereocenters. The molecule has 2 aromatic rings. The molecular formula is C22H27N3O2. The Kier molecular flexibility index (Phi) is 6.60. The highest BCUT2D eigenvalue weighted by atomic mass is 16.2. The molecule has 0 aliphatic carbocycles. The monoisotopic (exact) mass is 365 g/mol. The Balaban J connectivity index is 1.47. The first-order valence-electron chi connectivity index (χ1n) is 9.51. The van der Waals surface area contributed by atoms with Crippen LogP contribution in [0, 0.1) is 12.8 Å². The van der Waals surface area contributed by atoms with Crippen LogP contribution in [0.5, 0.6) is 0 Å². The number of nitrogens with one attached hydrogen (secondary N) is 2. The Labute approximate surface area is 160 Å². The van der Waals surface area contributed by atoms with E-state index in [0.717, 1.165) is 30.6 Å². The molecule has 0 radical (unpaired) electrons. The molecule has 2 N–H and O–H groups in total. The van der Waals surface area contributed by atoms with E-state index in [1.807, 2.05) is 61.5 Å². The van der Waals surface area contributed by atoms with Crippen LogP contribution in [0.2, 0.25) is 0 Å². The topological polar surface area (TPSA) is 61.4 Å². The van der Waals surface area contributed by atoms with Gasteiger partial charge >= 0.3 is 0 Å². The van der Waals surface area contributed by atoms with Gasteiger partial charge < -0.3 is 10.6 Å². The molecule has 27 heavy (non-hydrogen) atoms. The maximum absolute atomic E-state index is 12.5. The highest BCUT2D eigenvalue weighted by Gasteiger charge is 2.26. The fourth-order valence-corrected chi connectivity index (χ4v) is 3.44. The molecule has 1 aliphatic rings. The number of piperidine rings is 1. The molecule has 1 heterocycles. The molecule has 142 valence electrons. The lowest BCUT2D eigenvalue weighted by Gasteiger charge is -2.31. The Hall–Kier alpha value is -2.66. The van der Waals surface area contributed by atoms with Crippen LogP contribution in [0.15, 0.2) is 54.6 Å². The second-order valence-corrected chi connectivity index (χ2v) is 7.13. The van der Waals surface area contributed by atoms with Crippen LogP contribution in [0.25, 0.3) is 0 Å². The molecule has 5 nitrogen and oxygen atoms in total. The predicted octanol–water partition coefficient (Wildman–Crippen LogP) is 2.96. The summed E-state index contributed by atoms with van der Waals surface area (Å²) in [5.74, 6) is -0.0447. The van der Waals surface area contributed by atoms with Crippen molar-refractivity contribution in [1.29, 1.82) is 0 Å². The Morgan fingerprint density at radius 1 is 1.07 bits per heavy atom. The summed E-state index contributed by atoms with van der Waals surface area (Å²) in [5, 5.41) is 5.96. The number of nitrogens with zero attached hydrogens (tertiary/aromatic N) is 1. The normalized spacial score (nSPS) is 17.3. The first kappa shape index (κ1) is 19.1. The van der Waals surface area contributed by atoms with Gasteiger partial charge in [0.2, 0.25) is 11.8 Å². The minimum absolute atomic E-state index is 0.00219. The molecule has 0 aromatic heterocycles. The van der Waals surface area contributed by atoms with E-state index in [-0.39, 0.29) is 17.7 Å². The van der Waals surface area contributed by atoms with E-state index in [4.69, 9.17) is 0 Å². The molecule has 0 bridgehead atoms. The lowest BCUT2D eigenvalue weighted by molar-refractivity contribution is -0.125. The third-order valence-electron chi connectivity index (χ3n) is 5.02. The van der Waals surface area contributed by atoms with Crippen molar-refractivity contribution < 1.29 is 9.59 Å².